The Labute approximate surface area is 129 Å². The summed E-state index contributed by atoms with van der Waals surface area (Å²) in [5.41, 5.74) is 1.41. The minimum atomic E-state index is 0.324. The van der Waals surface area contributed by atoms with Crippen LogP contribution in [0.25, 0.3) is 0 Å². The standard InChI is InChI=1S/C18H30N2O/c1-4-11-19-12-18(16-9-7-6-8-10-16)20-13-15(3)21-14-17(20)5-2/h6-10,15,17-19H,4-5,11-14H2,1-3H3. The zero-order valence-electron chi connectivity index (χ0n) is 13.7. The summed E-state index contributed by atoms with van der Waals surface area (Å²) in [6.07, 6.45) is 2.65. The average molecular weight is 290 g/mol. The second-order valence-electron chi connectivity index (χ2n) is 6.03. The van der Waals surface area contributed by atoms with Crippen molar-refractivity contribution in [3.05, 3.63) is 35.9 Å². The number of ether oxygens (including phenoxy) is 1. The second-order valence-corrected chi connectivity index (χ2v) is 6.03. The van der Waals surface area contributed by atoms with E-state index in [2.05, 4.69) is 61.3 Å². The van der Waals surface area contributed by atoms with E-state index in [4.69, 9.17) is 4.74 Å². The van der Waals surface area contributed by atoms with Gasteiger partial charge in [-0.15, -0.1) is 0 Å². The van der Waals surface area contributed by atoms with Crippen molar-refractivity contribution in [3.63, 3.8) is 0 Å². The molecule has 3 nitrogen and oxygen atoms in total. The van der Waals surface area contributed by atoms with Crippen LogP contribution < -0.4 is 5.32 Å². The Morgan fingerprint density at radius 3 is 2.71 bits per heavy atom. The summed E-state index contributed by atoms with van der Waals surface area (Å²) < 4.78 is 5.86. The first-order valence-corrected chi connectivity index (χ1v) is 8.39. The van der Waals surface area contributed by atoms with E-state index in [0.717, 1.165) is 32.7 Å². The molecule has 0 bridgehead atoms. The van der Waals surface area contributed by atoms with E-state index in [1.807, 2.05) is 0 Å². The van der Waals surface area contributed by atoms with E-state index < -0.39 is 0 Å². The lowest BCUT2D eigenvalue weighted by Crippen LogP contribution is -2.52. The van der Waals surface area contributed by atoms with Gasteiger partial charge in [0.15, 0.2) is 0 Å². The van der Waals surface area contributed by atoms with Gasteiger partial charge in [0.25, 0.3) is 0 Å². The summed E-state index contributed by atoms with van der Waals surface area (Å²) >= 11 is 0. The first-order valence-electron chi connectivity index (χ1n) is 8.39. The van der Waals surface area contributed by atoms with Gasteiger partial charge < -0.3 is 10.1 Å². The van der Waals surface area contributed by atoms with Crippen molar-refractivity contribution in [2.75, 3.05) is 26.2 Å². The molecule has 21 heavy (non-hydrogen) atoms. The zero-order chi connectivity index (χ0) is 15.1. The van der Waals surface area contributed by atoms with Crippen molar-refractivity contribution >= 4 is 0 Å². The van der Waals surface area contributed by atoms with Crippen LogP contribution in [-0.2, 0) is 4.74 Å². The van der Waals surface area contributed by atoms with Gasteiger partial charge in [0.05, 0.1) is 12.7 Å². The molecule has 1 aliphatic heterocycles. The molecule has 1 heterocycles. The van der Waals surface area contributed by atoms with E-state index in [-0.39, 0.29) is 0 Å². The molecule has 0 spiro atoms. The third-order valence-corrected chi connectivity index (χ3v) is 4.33. The van der Waals surface area contributed by atoms with Gasteiger partial charge in [0.2, 0.25) is 0 Å². The molecule has 1 aliphatic rings. The summed E-state index contributed by atoms with van der Waals surface area (Å²) in [7, 11) is 0. The Morgan fingerprint density at radius 1 is 1.29 bits per heavy atom. The Balaban J connectivity index is 2.16. The number of rotatable bonds is 7. The summed E-state index contributed by atoms with van der Waals surface area (Å²) in [5, 5.41) is 3.61. The van der Waals surface area contributed by atoms with Crippen LogP contribution in [-0.4, -0.2) is 43.3 Å². The van der Waals surface area contributed by atoms with Crippen LogP contribution in [0, 0.1) is 0 Å². The molecule has 1 N–H and O–H groups in total. The molecule has 0 amide bonds. The summed E-state index contributed by atoms with van der Waals surface area (Å²) in [6.45, 7) is 10.6. The SMILES string of the molecule is CCCNCC(c1ccccc1)N1CC(C)OCC1CC. The molecule has 0 aromatic heterocycles. The van der Waals surface area contributed by atoms with Crippen LogP contribution in [0.2, 0.25) is 0 Å². The van der Waals surface area contributed by atoms with Gasteiger partial charge in [0, 0.05) is 25.2 Å². The molecule has 1 aromatic carbocycles. The van der Waals surface area contributed by atoms with Crippen molar-refractivity contribution in [1.29, 1.82) is 0 Å². The third kappa shape index (κ3) is 4.53. The number of nitrogens with one attached hydrogen (secondary N) is 1. The number of morpholine rings is 1. The minimum absolute atomic E-state index is 0.324. The van der Waals surface area contributed by atoms with Gasteiger partial charge in [-0.2, -0.15) is 0 Å². The monoisotopic (exact) mass is 290 g/mol. The smallest absolute Gasteiger partial charge is 0.0675 e. The minimum Gasteiger partial charge on any atom is -0.376 e. The van der Waals surface area contributed by atoms with E-state index >= 15 is 0 Å². The Morgan fingerprint density at radius 2 is 2.05 bits per heavy atom. The molecule has 0 radical (unpaired) electrons. The fraction of sp³-hybridized carbons (Fsp3) is 0.667. The van der Waals surface area contributed by atoms with Gasteiger partial charge >= 0.3 is 0 Å². The van der Waals surface area contributed by atoms with Crippen molar-refractivity contribution < 1.29 is 4.74 Å². The fourth-order valence-corrected chi connectivity index (χ4v) is 3.12. The van der Waals surface area contributed by atoms with Gasteiger partial charge in [0.1, 0.15) is 0 Å². The lowest BCUT2D eigenvalue weighted by Gasteiger charge is -2.43. The van der Waals surface area contributed by atoms with Gasteiger partial charge in [-0.25, -0.2) is 0 Å². The van der Waals surface area contributed by atoms with Crippen molar-refractivity contribution in [2.45, 2.75) is 51.8 Å². The molecule has 3 unspecified atom stereocenters. The summed E-state index contributed by atoms with van der Waals surface area (Å²) in [4.78, 5) is 2.64. The number of nitrogens with zero attached hydrogens (tertiary/aromatic N) is 1. The summed E-state index contributed by atoms with van der Waals surface area (Å²) in [5.74, 6) is 0. The molecule has 118 valence electrons. The Hall–Kier alpha value is -0.900. The first kappa shape index (κ1) is 16.5. The average Bonchev–Trinajstić information content (AvgIpc) is 2.52. The number of hydrogen-bond acceptors (Lipinski definition) is 3. The van der Waals surface area contributed by atoms with Gasteiger partial charge in [-0.05, 0) is 31.9 Å². The van der Waals surface area contributed by atoms with Gasteiger partial charge in [-0.1, -0.05) is 44.2 Å². The summed E-state index contributed by atoms with van der Waals surface area (Å²) in [6, 6.07) is 11.9. The largest absolute Gasteiger partial charge is 0.376 e. The van der Waals surface area contributed by atoms with Crippen LogP contribution in [0.1, 0.15) is 45.2 Å². The number of hydrogen-bond donors (Lipinski definition) is 1. The second kappa shape index (κ2) is 8.52. The van der Waals surface area contributed by atoms with Crippen molar-refractivity contribution in [1.82, 2.24) is 10.2 Å². The third-order valence-electron chi connectivity index (χ3n) is 4.33. The predicted octanol–water partition coefficient (Wildman–Crippen LogP) is 3.23. The highest BCUT2D eigenvalue weighted by molar-refractivity contribution is 5.20. The maximum Gasteiger partial charge on any atom is 0.0675 e. The molecule has 0 aliphatic carbocycles. The fourth-order valence-electron chi connectivity index (χ4n) is 3.12. The quantitative estimate of drug-likeness (QED) is 0.780. The maximum atomic E-state index is 5.86. The topological polar surface area (TPSA) is 24.5 Å². The van der Waals surface area contributed by atoms with Crippen LogP contribution in [0.4, 0.5) is 0 Å². The van der Waals surface area contributed by atoms with Gasteiger partial charge in [-0.3, -0.25) is 4.90 Å². The van der Waals surface area contributed by atoms with Crippen LogP contribution in [0.15, 0.2) is 30.3 Å². The molecule has 2 rings (SSSR count). The molecule has 3 heteroatoms. The highest BCUT2D eigenvalue weighted by atomic mass is 16.5. The van der Waals surface area contributed by atoms with Crippen LogP contribution in [0.3, 0.4) is 0 Å². The molecule has 3 atom stereocenters. The van der Waals surface area contributed by atoms with E-state index in [0.29, 0.717) is 18.2 Å². The highest BCUT2D eigenvalue weighted by Crippen LogP contribution is 2.27. The first-order chi connectivity index (χ1) is 10.3. The molecule has 1 aromatic rings. The van der Waals surface area contributed by atoms with E-state index in [1.54, 1.807) is 0 Å². The molecule has 0 saturated carbocycles. The molecule has 1 fully saturated rings. The Bertz CT molecular complexity index is 395. The van der Waals surface area contributed by atoms with E-state index in [9.17, 15) is 0 Å². The van der Waals surface area contributed by atoms with Crippen LogP contribution in [0.5, 0.6) is 0 Å². The molecular formula is C18H30N2O. The molecular weight excluding hydrogens is 260 g/mol. The zero-order valence-corrected chi connectivity index (χ0v) is 13.7. The van der Waals surface area contributed by atoms with E-state index in [1.165, 1.54) is 12.0 Å². The van der Waals surface area contributed by atoms with Crippen molar-refractivity contribution in [3.8, 4) is 0 Å². The maximum absolute atomic E-state index is 5.86. The number of benzene rings is 1. The van der Waals surface area contributed by atoms with Crippen LogP contribution >= 0.6 is 0 Å². The lowest BCUT2D eigenvalue weighted by molar-refractivity contribution is -0.0729. The molecule has 1 saturated heterocycles. The predicted molar refractivity (Wildman–Crippen MR) is 88.5 cm³/mol. The Kier molecular flexibility index (Phi) is 6.68. The normalized spacial score (nSPS) is 24.9. The van der Waals surface area contributed by atoms with Crippen molar-refractivity contribution in [2.24, 2.45) is 0 Å². The highest BCUT2D eigenvalue weighted by Gasteiger charge is 2.31. The lowest BCUT2D eigenvalue weighted by atomic mass is 10.00.